The molecule has 3 nitrogen and oxygen atoms in total. The summed E-state index contributed by atoms with van der Waals surface area (Å²) in [5.41, 5.74) is 0.942. The Hall–Kier alpha value is -1.32. The number of fused-ring (bicyclic) bond motifs is 1. The first-order chi connectivity index (χ1) is 10.2. The number of para-hydroxylation sites is 1. The number of hydrogen-bond acceptors (Lipinski definition) is 3. The van der Waals surface area contributed by atoms with Crippen LogP contribution in [-0.4, -0.2) is 19.3 Å². The molecule has 0 bridgehead atoms. The van der Waals surface area contributed by atoms with E-state index in [2.05, 4.69) is 38.2 Å². The van der Waals surface area contributed by atoms with Crippen LogP contribution in [0.5, 0.6) is 0 Å². The number of nitrogens with one attached hydrogen (secondary N) is 1. The molecular formula is C18H27NO2. The quantitative estimate of drug-likeness (QED) is 0.728. The molecule has 0 aliphatic carbocycles. The second-order valence-corrected chi connectivity index (χ2v) is 5.63. The van der Waals surface area contributed by atoms with Crippen molar-refractivity contribution in [2.75, 3.05) is 13.2 Å². The lowest BCUT2D eigenvalue weighted by atomic mass is 10.2. The molecule has 116 valence electrons. The highest BCUT2D eigenvalue weighted by atomic mass is 16.5. The van der Waals surface area contributed by atoms with Gasteiger partial charge in [0.05, 0.1) is 18.8 Å². The van der Waals surface area contributed by atoms with Crippen molar-refractivity contribution in [1.29, 1.82) is 0 Å². The summed E-state index contributed by atoms with van der Waals surface area (Å²) < 4.78 is 11.9. The molecule has 2 aromatic rings. The van der Waals surface area contributed by atoms with Crippen LogP contribution in [0.4, 0.5) is 0 Å². The standard InChI is InChI=1S/C18H27NO2/c1-4-8-14(3)20-13-16(19-11-5-2)18-12-15-9-6-7-10-17(15)21-18/h6-7,9-10,12,14,16,19H,4-5,8,11,13H2,1-3H3. The van der Waals surface area contributed by atoms with Crippen molar-refractivity contribution in [2.45, 2.75) is 52.2 Å². The molecule has 0 fully saturated rings. The zero-order chi connectivity index (χ0) is 15.1. The molecule has 0 radical (unpaired) electrons. The molecule has 21 heavy (non-hydrogen) atoms. The molecule has 1 N–H and O–H groups in total. The Balaban J connectivity index is 2.07. The van der Waals surface area contributed by atoms with Crippen LogP contribution in [0.2, 0.25) is 0 Å². The highest BCUT2D eigenvalue weighted by Gasteiger charge is 2.17. The fourth-order valence-electron chi connectivity index (χ4n) is 2.48. The summed E-state index contributed by atoms with van der Waals surface area (Å²) in [6.07, 6.45) is 3.64. The molecule has 0 aliphatic heterocycles. The molecule has 1 heterocycles. The van der Waals surface area contributed by atoms with Crippen molar-refractivity contribution in [2.24, 2.45) is 0 Å². The van der Waals surface area contributed by atoms with Gasteiger partial charge in [-0.2, -0.15) is 0 Å². The van der Waals surface area contributed by atoms with Gasteiger partial charge in [-0.3, -0.25) is 0 Å². The van der Waals surface area contributed by atoms with Crippen molar-refractivity contribution in [1.82, 2.24) is 5.32 Å². The van der Waals surface area contributed by atoms with Gasteiger partial charge in [0.15, 0.2) is 0 Å². The lowest BCUT2D eigenvalue weighted by Crippen LogP contribution is -2.27. The predicted octanol–water partition coefficient (Wildman–Crippen LogP) is 4.68. The Labute approximate surface area is 127 Å². The topological polar surface area (TPSA) is 34.4 Å². The molecule has 3 heteroatoms. The van der Waals surface area contributed by atoms with Crippen LogP contribution in [-0.2, 0) is 4.74 Å². The van der Waals surface area contributed by atoms with Crippen LogP contribution < -0.4 is 5.32 Å². The number of benzene rings is 1. The Morgan fingerprint density at radius 3 is 2.71 bits per heavy atom. The van der Waals surface area contributed by atoms with E-state index in [1.54, 1.807) is 0 Å². The SMILES string of the molecule is CCCNC(COC(C)CCC)c1cc2ccccc2o1. The van der Waals surface area contributed by atoms with E-state index in [4.69, 9.17) is 9.15 Å². The van der Waals surface area contributed by atoms with E-state index in [1.165, 1.54) is 0 Å². The van der Waals surface area contributed by atoms with Gasteiger partial charge in [0.1, 0.15) is 11.3 Å². The Kier molecular flexibility index (Phi) is 6.27. The van der Waals surface area contributed by atoms with Gasteiger partial charge in [-0.25, -0.2) is 0 Å². The minimum atomic E-state index is 0.122. The third-order valence-electron chi connectivity index (χ3n) is 3.67. The molecule has 0 aliphatic rings. The summed E-state index contributed by atoms with van der Waals surface area (Å²) in [6.45, 7) is 8.11. The second-order valence-electron chi connectivity index (χ2n) is 5.63. The van der Waals surface area contributed by atoms with Crippen LogP contribution in [0, 0.1) is 0 Å². The van der Waals surface area contributed by atoms with Gasteiger partial charge in [0, 0.05) is 5.39 Å². The predicted molar refractivity (Wildman–Crippen MR) is 87.6 cm³/mol. The van der Waals surface area contributed by atoms with Crippen molar-refractivity contribution in [3.8, 4) is 0 Å². The van der Waals surface area contributed by atoms with Crippen LogP contribution in [0.25, 0.3) is 11.0 Å². The number of ether oxygens (including phenoxy) is 1. The van der Waals surface area contributed by atoms with Crippen molar-refractivity contribution in [3.05, 3.63) is 36.1 Å². The Bertz CT molecular complexity index is 502. The number of rotatable bonds is 9. The Morgan fingerprint density at radius 2 is 2.00 bits per heavy atom. The largest absolute Gasteiger partial charge is 0.459 e. The first-order valence-electron chi connectivity index (χ1n) is 8.08. The molecular weight excluding hydrogens is 262 g/mol. The van der Waals surface area contributed by atoms with Gasteiger partial charge in [0.2, 0.25) is 0 Å². The van der Waals surface area contributed by atoms with Crippen LogP contribution in [0.3, 0.4) is 0 Å². The third kappa shape index (κ3) is 4.58. The zero-order valence-electron chi connectivity index (χ0n) is 13.4. The van der Waals surface area contributed by atoms with E-state index in [1.807, 2.05) is 18.2 Å². The van der Waals surface area contributed by atoms with E-state index in [0.29, 0.717) is 12.7 Å². The molecule has 0 saturated heterocycles. The molecule has 0 amide bonds. The minimum Gasteiger partial charge on any atom is -0.459 e. The lowest BCUT2D eigenvalue weighted by molar-refractivity contribution is 0.0406. The number of furan rings is 1. The van der Waals surface area contributed by atoms with E-state index >= 15 is 0 Å². The molecule has 1 aromatic carbocycles. The van der Waals surface area contributed by atoms with Crippen molar-refractivity contribution < 1.29 is 9.15 Å². The summed E-state index contributed by atoms with van der Waals surface area (Å²) in [7, 11) is 0. The lowest BCUT2D eigenvalue weighted by Gasteiger charge is -2.19. The maximum atomic E-state index is 5.98. The van der Waals surface area contributed by atoms with Gasteiger partial charge in [-0.1, -0.05) is 38.5 Å². The van der Waals surface area contributed by atoms with Gasteiger partial charge in [-0.05, 0) is 38.4 Å². The molecule has 2 atom stereocenters. The van der Waals surface area contributed by atoms with Gasteiger partial charge in [0.25, 0.3) is 0 Å². The third-order valence-corrected chi connectivity index (χ3v) is 3.67. The van der Waals surface area contributed by atoms with E-state index < -0.39 is 0 Å². The van der Waals surface area contributed by atoms with E-state index in [0.717, 1.165) is 42.5 Å². The molecule has 0 spiro atoms. The van der Waals surface area contributed by atoms with E-state index in [-0.39, 0.29) is 6.04 Å². The molecule has 2 unspecified atom stereocenters. The molecule has 1 aromatic heterocycles. The van der Waals surface area contributed by atoms with Gasteiger partial charge >= 0.3 is 0 Å². The highest BCUT2D eigenvalue weighted by molar-refractivity contribution is 5.77. The second kappa shape index (κ2) is 8.20. The van der Waals surface area contributed by atoms with Gasteiger partial charge < -0.3 is 14.5 Å². The summed E-state index contributed by atoms with van der Waals surface area (Å²) in [5.74, 6) is 0.966. The van der Waals surface area contributed by atoms with Crippen LogP contribution in [0.1, 0.15) is 51.8 Å². The van der Waals surface area contributed by atoms with Crippen LogP contribution in [0.15, 0.2) is 34.7 Å². The first-order valence-corrected chi connectivity index (χ1v) is 8.08. The van der Waals surface area contributed by atoms with Gasteiger partial charge in [-0.15, -0.1) is 0 Å². The van der Waals surface area contributed by atoms with E-state index in [9.17, 15) is 0 Å². The highest BCUT2D eigenvalue weighted by Crippen LogP contribution is 2.24. The maximum absolute atomic E-state index is 5.98. The van der Waals surface area contributed by atoms with Crippen LogP contribution >= 0.6 is 0 Å². The monoisotopic (exact) mass is 289 g/mol. The summed E-state index contributed by atoms with van der Waals surface area (Å²) in [4.78, 5) is 0. The van der Waals surface area contributed by atoms with Crippen molar-refractivity contribution >= 4 is 11.0 Å². The fraction of sp³-hybridized carbons (Fsp3) is 0.556. The zero-order valence-corrected chi connectivity index (χ0v) is 13.4. The molecule has 2 rings (SSSR count). The normalized spacial score (nSPS) is 14.4. The smallest absolute Gasteiger partial charge is 0.134 e. The average molecular weight is 289 g/mol. The minimum absolute atomic E-state index is 0.122. The first kappa shape index (κ1) is 16.1. The summed E-state index contributed by atoms with van der Waals surface area (Å²) in [6, 6.07) is 10.4. The molecule has 0 saturated carbocycles. The summed E-state index contributed by atoms with van der Waals surface area (Å²) >= 11 is 0. The maximum Gasteiger partial charge on any atom is 0.134 e. The average Bonchev–Trinajstić information content (AvgIpc) is 2.91. The number of hydrogen-bond donors (Lipinski definition) is 1. The fourth-order valence-corrected chi connectivity index (χ4v) is 2.48. The summed E-state index contributed by atoms with van der Waals surface area (Å²) in [5, 5.41) is 4.68. The Morgan fingerprint density at radius 1 is 1.19 bits per heavy atom. The van der Waals surface area contributed by atoms with Crippen molar-refractivity contribution in [3.63, 3.8) is 0 Å².